The molecule has 2 aromatic carbocycles. The standard InChI is InChI=1S/C26H28ClFN2O3/c1-4-5-6-18(20-14-19(27)9-8-17(20)3)11-12-29-26(32)23-15-24(33-30-23)25(31)21-13-16(2)7-10-22(21)28/h6-10,13-15,25,31H,4-5,11-12H2,1-3H3,(H,29,32). The fourth-order valence-electron chi connectivity index (χ4n) is 3.56. The SMILES string of the molecule is CCCC=C(CCNC(=O)c1cc(C(O)c2cc(C)ccc2F)on1)c1cc(Cl)ccc1C. The number of aryl methyl sites for hydroxylation is 2. The first-order valence-electron chi connectivity index (χ1n) is 10.9. The number of benzene rings is 2. The van der Waals surface area contributed by atoms with Crippen LogP contribution in [0.1, 0.15) is 70.8 Å². The molecule has 33 heavy (non-hydrogen) atoms. The predicted octanol–water partition coefficient (Wildman–Crippen LogP) is 6.17. The third-order valence-electron chi connectivity index (χ3n) is 5.38. The van der Waals surface area contributed by atoms with Gasteiger partial charge >= 0.3 is 0 Å². The average molecular weight is 471 g/mol. The lowest BCUT2D eigenvalue weighted by Crippen LogP contribution is -2.25. The van der Waals surface area contributed by atoms with Crippen molar-refractivity contribution in [3.05, 3.63) is 93.1 Å². The molecule has 1 unspecified atom stereocenters. The topological polar surface area (TPSA) is 75.4 Å². The second-order valence-corrected chi connectivity index (χ2v) is 8.46. The molecular weight excluding hydrogens is 443 g/mol. The normalized spacial score (nSPS) is 12.6. The smallest absolute Gasteiger partial charge is 0.273 e. The van der Waals surface area contributed by atoms with E-state index in [0.29, 0.717) is 18.0 Å². The summed E-state index contributed by atoms with van der Waals surface area (Å²) in [7, 11) is 0. The number of aliphatic hydroxyl groups excluding tert-OH is 1. The van der Waals surface area contributed by atoms with Crippen LogP contribution in [-0.4, -0.2) is 22.7 Å². The highest BCUT2D eigenvalue weighted by Crippen LogP contribution is 2.27. The Bertz CT molecular complexity index is 1160. The lowest BCUT2D eigenvalue weighted by Gasteiger charge is -2.12. The van der Waals surface area contributed by atoms with Gasteiger partial charge in [-0.05, 0) is 61.6 Å². The fraction of sp³-hybridized carbons (Fsp3) is 0.308. The van der Waals surface area contributed by atoms with Gasteiger partial charge in [-0.1, -0.05) is 59.9 Å². The molecular formula is C26H28ClFN2O3. The third kappa shape index (κ3) is 6.30. The van der Waals surface area contributed by atoms with Crippen molar-refractivity contribution in [1.29, 1.82) is 0 Å². The molecule has 0 bridgehead atoms. The Hall–Kier alpha value is -2.96. The zero-order valence-electron chi connectivity index (χ0n) is 19.0. The molecule has 5 nitrogen and oxygen atoms in total. The Labute approximate surface area is 198 Å². The highest BCUT2D eigenvalue weighted by Gasteiger charge is 2.22. The van der Waals surface area contributed by atoms with E-state index in [4.69, 9.17) is 16.1 Å². The Kier molecular flexibility index (Phi) is 8.42. The number of aromatic nitrogens is 1. The minimum atomic E-state index is -1.35. The molecule has 3 aromatic rings. The van der Waals surface area contributed by atoms with E-state index < -0.39 is 17.8 Å². The van der Waals surface area contributed by atoms with Gasteiger partial charge in [-0.25, -0.2) is 4.39 Å². The number of hydrogen-bond acceptors (Lipinski definition) is 4. The lowest BCUT2D eigenvalue weighted by molar-refractivity contribution is 0.0944. The van der Waals surface area contributed by atoms with Crippen LogP contribution in [0, 0.1) is 19.7 Å². The molecule has 1 heterocycles. The molecule has 0 saturated heterocycles. The van der Waals surface area contributed by atoms with Gasteiger partial charge in [-0.3, -0.25) is 4.79 Å². The minimum absolute atomic E-state index is 0.00253. The first-order valence-corrected chi connectivity index (χ1v) is 11.3. The third-order valence-corrected chi connectivity index (χ3v) is 5.62. The molecule has 2 N–H and O–H groups in total. The number of unbranched alkanes of at least 4 members (excludes halogenated alkanes) is 1. The number of allylic oxidation sites excluding steroid dienone is 1. The summed E-state index contributed by atoms with van der Waals surface area (Å²) in [6.45, 7) is 6.32. The highest BCUT2D eigenvalue weighted by atomic mass is 35.5. The van der Waals surface area contributed by atoms with Crippen LogP contribution in [-0.2, 0) is 0 Å². The largest absolute Gasteiger partial charge is 0.380 e. The van der Waals surface area contributed by atoms with Gasteiger partial charge in [0.15, 0.2) is 11.5 Å². The fourth-order valence-corrected chi connectivity index (χ4v) is 3.73. The molecule has 1 atom stereocenters. The van der Waals surface area contributed by atoms with Crippen LogP contribution >= 0.6 is 11.6 Å². The van der Waals surface area contributed by atoms with E-state index in [1.165, 1.54) is 18.2 Å². The Balaban J connectivity index is 1.66. The van der Waals surface area contributed by atoms with Crippen molar-refractivity contribution >= 4 is 23.1 Å². The quantitative estimate of drug-likeness (QED) is 0.392. The minimum Gasteiger partial charge on any atom is -0.380 e. The summed E-state index contributed by atoms with van der Waals surface area (Å²) in [5.74, 6) is -0.986. The zero-order chi connectivity index (χ0) is 24.0. The molecule has 3 rings (SSSR count). The van der Waals surface area contributed by atoms with Crippen molar-refractivity contribution in [3.63, 3.8) is 0 Å². The molecule has 0 aliphatic rings. The Morgan fingerprint density at radius 1 is 1.24 bits per heavy atom. The number of nitrogens with one attached hydrogen (secondary N) is 1. The predicted molar refractivity (Wildman–Crippen MR) is 128 cm³/mol. The maximum Gasteiger partial charge on any atom is 0.273 e. The van der Waals surface area contributed by atoms with Gasteiger partial charge in [0.25, 0.3) is 5.91 Å². The number of nitrogens with zero attached hydrogens (tertiary/aromatic N) is 1. The summed E-state index contributed by atoms with van der Waals surface area (Å²) in [4.78, 5) is 12.6. The monoisotopic (exact) mass is 470 g/mol. The maximum atomic E-state index is 14.1. The molecule has 0 radical (unpaired) electrons. The molecule has 0 saturated carbocycles. The second-order valence-electron chi connectivity index (χ2n) is 8.03. The lowest BCUT2D eigenvalue weighted by atomic mass is 9.96. The molecule has 0 aliphatic carbocycles. The molecule has 7 heteroatoms. The van der Waals surface area contributed by atoms with E-state index in [0.717, 1.165) is 35.1 Å². The summed E-state index contributed by atoms with van der Waals surface area (Å²) < 4.78 is 19.2. The van der Waals surface area contributed by atoms with Crippen molar-refractivity contribution in [3.8, 4) is 0 Å². The van der Waals surface area contributed by atoms with Gasteiger partial charge < -0.3 is 14.9 Å². The van der Waals surface area contributed by atoms with Crippen molar-refractivity contribution in [1.82, 2.24) is 10.5 Å². The molecule has 1 aromatic heterocycles. The zero-order valence-corrected chi connectivity index (χ0v) is 19.7. The summed E-state index contributed by atoms with van der Waals surface area (Å²) in [6.07, 6.45) is 3.38. The molecule has 0 aliphatic heterocycles. The van der Waals surface area contributed by atoms with E-state index in [1.807, 2.05) is 25.1 Å². The number of amides is 1. The van der Waals surface area contributed by atoms with Gasteiger partial charge in [0.05, 0.1) is 0 Å². The van der Waals surface area contributed by atoms with Crippen LogP contribution in [0.25, 0.3) is 5.57 Å². The van der Waals surface area contributed by atoms with E-state index in [2.05, 4.69) is 23.5 Å². The van der Waals surface area contributed by atoms with Gasteiger partial charge in [-0.2, -0.15) is 0 Å². The van der Waals surface area contributed by atoms with E-state index in [9.17, 15) is 14.3 Å². The summed E-state index contributed by atoms with van der Waals surface area (Å²) in [6, 6.07) is 11.5. The van der Waals surface area contributed by atoms with Gasteiger partial charge in [0, 0.05) is 23.2 Å². The Morgan fingerprint density at radius 2 is 2.03 bits per heavy atom. The maximum absolute atomic E-state index is 14.1. The van der Waals surface area contributed by atoms with Crippen LogP contribution in [0.15, 0.2) is 53.1 Å². The number of carbonyl (C=O) groups excluding carboxylic acids is 1. The van der Waals surface area contributed by atoms with Crippen LogP contribution in [0.4, 0.5) is 4.39 Å². The van der Waals surface area contributed by atoms with Crippen molar-refractivity contribution in [2.45, 2.75) is 46.1 Å². The molecule has 1 amide bonds. The van der Waals surface area contributed by atoms with Gasteiger partial charge in [-0.15, -0.1) is 0 Å². The van der Waals surface area contributed by atoms with Crippen molar-refractivity contribution in [2.75, 3.05) is 6.54 Å². The van der Waals surface area contributed by atoms with Crippen LogP contribution < -0.4 is 5.32 Å². The van der Waals surface area contributed by atoms with E-state index >= 15 is 0 Å². The summed E-state index contributed by atoms with van der Waals surface area (Å²) >= 11 is 6.19. The van der Waals surface area contributed by atoms with Crippen LogP contribution in [0.2, 0.25) is 5.02 Å². The number of aliphatic hydroxyl groups is 1. The van der Waals surface area contributed by atoms with E-state index in [-0.39, 0.29) is 17.0 Å². The summed E-state index contributed by atoms with van der Waals surface area (Å²) in [5, 5.41) is 17.7. The number of carbonyl (C=O) groups is 1. The van der Waals surface area contributed by atoms with Crippen LogP contribution in [0.3, 0.4) is 0 Å². The van der Waals surface area contributed by atoms with Gasteiger partial charge in [0.2, 0.25) is 0 Å². The second kappa shape index (κ2) is 11.3. The Morgan fingerprint density at radius 3 is 2.79 bits per heavy atom. The molecule has 0 fully saturated rings. The van der Waals surface area contributed by atoms with Crippen molar-refractivity contribution < 1.29 is 18.8 Å². The number of hydrogen-bond donors (Lipinski definition) is 2. The summed E-state index contributed by atoms with van der Waals surface area (Å²) in [5.41, 5.74) is 4.19. The number of halogens is 2. The molecule has 174 valence electrons. The first kappa shape index (κ1) is 24.7. The molecule has 0 spiro atoms. The first-order chi connectivity index (χ1) is 15.8. The van der Waals surface area contributed by atoms with E-state index in [1.54, 1.807) is 13.0 Å². The van der Waals surface area contributed by atoms with Gasteiger partial charge in [0.1, 0.15) is 11.9 Å². The van der Waals surface area contributed by atoms with Crippen LogP contribution in [0.5, 0.6) is 0 Å². The van der Waals surface area contributed by atoms with Crippen molar-refractivity contribution in [2.24, 2.45) is 0 Å². The number of rotatable bonds is 9. The highest BCUT2D eigenvalue weighted by molar-refractivity contribution is 6.30. The average Bonchev–Trinajstić information content (AvgIpc) is 3.29.